The molecule has 6 heteroatoms. The summed E-state index contributed by atoms with van der Waals surface area (Å²) >= 11 is 0. The molecule has 1 rings (SSSR count). The number of hydrogen-bond donors (Lipinski definition) is 1. The first-order valence-corrected chi connectivity index (χ1v) is 6.16. The summed E-state index contributed by atoms with van der Waals surface area (Å²) in [6.45, 7) is 3.05. The van der Waals surface area contributed by atoms with Gasteiger partial charge in [-0.25, -0.2) is 21.9 Å². The molecule has 1 N–H and O–H groups in total. The van der Waals surface area contributed by atoms with E-state index < -0.39 is 27.2 Å². The molecule has 0 radical (unpaired) electrons. The number of sulfonamides is 1. The molecule has 0 aliphatic heterocycles. The van der Waals surface area contributed by atoms with Crippen LogP contribution in [0.3, 0.4) is 0 Å². The topological polar surface area (TPSA) is 46.2 Å². The molecule has 0 spiro atoms. The number of halogens is 2. The van der Waals surface area contributed by atoms with E-state index in [4.69, 9.17) is 0 Å². The lowest BCUT2D eigenvalue weighted by Crippen LogP contribution is -2.38. The van der Waals surface area contributed by atoms with Gasteiger partial charge in [-0.2, -0.15) is 0 Å². The van der Waals surface area contributed by atoms with Crippen molar-refractivity contribution in [2.24, 2.45) is 0 Å². The molecule has 0 aromatic carbocycles. The molecule has 1 aliphatic carbocycles. The molecule has 0 heterocycles. The van der Waals surface area contributed by atoms with Crippen LogP contribution in [0, 0.1) is 0 Å². The van der Waals surface area contributed by atoms with E-state index in [2.05, 4.69) is 4.72 Å². The first-order valence-electron chi connectivity index (χ1n) is 4.62. The monoisotopic (exact) mass is 227 g/mol. The third-order valence-electron chi connectivity index (χ3n) is 2.36. The first-order chi connectivity index (χ1) is 6.23. The molecule has 1 aliphatic rings. The molecule has 84 valence electrons. The maximum atomic E-state index is 12.7. The zero-order chi connectivity index (χ0) is 11.0. The summed E-state index contributed by atoms with van der Waals surface area (Å²) in [7, 11) is -3.42. The second-order valence-electron chi connectivity index (χ2n) is 4.01. The Morgan fingerprint density at radius 2 is 2.00 bits per heavy atom. The van der Waals surface area contributed by atoms with Crippen molar-refractivity contribution in [3.8, 4) is 0 Å². The molecule has 1 saturated carbocycles. The lowest BCUT2D eigenvalue weighted by atomic mass is 10.3. The Kier molecular flexibility index (Phi) is 3.16. The highest BCUT2D eigenvalue weighted by molar-refractivity contribution is 7.90. The lowest BCUT2D eigenvalue weighted by molar-refractivity contribution is 0.00760. The van der Waals surface area contributed by atoms with E-state index in [1.807, 2.05) is 0 Å². The van der Waals surface area contributed by atoms with E-state index in [1.54, 1.807) is 0 Å². The van der Waals surface area contributed by atoms with Gasteiger partial charge < -0.3 is 0 Å². The van der Waals surface area contributed by atoms with Crippen LogP contribution in [-0.2, 0) is 10.0 Å². The minimum atomic E-state index is -3.42. The van der Waals surface area contributed by atoms with Crippen LogP contribution < -0.4 is 4.72 Å². The van der Waals surface area contributed by atoms with Gasteiger partial charge >= 0.3 is 0 Å². The predicted octanol–water partition coefficient (Wildman–Crippen LogP) is 1.50. The highest BCUT2D eigenvalue weighted by Crippen LogP contribution is 2.35. The fourth-order valence-electron chi connectivity index (χ4n) is 1.42. The summed E-state index contributed by atoms with van der Waals surface area (Å²) in [5, 5.41) is -0.572. The molecule has 0 aromatic rings. The van der Waals surface area contributed by atoms with E-state index >= 15 is 0 Å². The summed E-state index contributed by atoms with van der Waals surface area (Å²) in [6.07, 6.45) is -0.379. The Morgan fingerprint density at radius 1 is 1.43 bits per heavy atom. The summed E-state index contributed by atoms with van der Waals surface area (Å²) < 4.78 is 50.5. The van der Waals surface area contributed by atoms with Gasteiger partial charge in [0.1, 0.15) is 0 Å². The number of nitrogens with one attached hydrogen (secondary N) is 1. The Labute approximate surface area is 82.9 Å². The van der Waals surface area contributed by atoms with Gasteiger partial charge in [0.15, 0.2) is 0 Å². The summed E-state index contributed by atoms with van der Waals surface area (Å²) in [5.41, 5.74) is 0. The maximum Gasteiger partial charge on any atom is 0.249 e. The average Bonchev–Trinajstić information content (AvgIpc) is 2.28. The Morgan fingerprint density at radius 3 is 2.36 bits per heavy atom. The minimum Gasteiger partial charge on any atom is -0.212 e. The first kappa shape index (κ1) is 11.8. The van der Waals surface area contributed by atoms with Crippen molar-refractivity contribution in [3.05, 3.63) is 0 Å². The maximum absolute atomic E-state index is 12.7. The van der Waals surface area contributed by atoms with Gasteiger partial charge in [-0.3, -0.25) is 0 Å². The third-order valence-corrected chi connectivity index (χ3v) is 4.26. The Bertz CT molecular complexity index is 300. The smallest absolute Gasteiger partial charge is 0.212 e. The molecule has 0 amide bonds. The summed E-state index contributed by atoms with van der Waals surface area (Å²) in [5.74, 6) is -2.70. The van der Waals surface area contributed by atoms with E-state index in [1.165, 1.54) is 13.8 Å². The van der Waals surface area contributed by atoms with Crippen molar-refractivity contribution in [2.75, 3.05) is 0 Å². The average molecular weight is 227 g/mol. The molecule has 0 saturated heterocycles. The Hall–Kier alpha value is -0.230. The fourth-order valence-corrected chi connectivity index (χ4v) is 2.36. The second kappa shape index (κ2) is 3.73. The van der Waals surface area contributed by atoms with Gasteiger partial charge in [-0.15, -0.1) is 0 Å². The van der Waals surface area contributed by atoms with E-state index in [0.29, 0.717) is 0 Å². The van der Waals surface area contributed by atoms with Gasteiger partial charge in [0.25, 0.3) is 0 Å². The minimum absolute atomic E-state index is 0.221. The van der Waals surface area contributed by atoms with Crippen molar-refractivity contribution >= 4 is 10.0 Å². The van der Waals surface area contributed by atoms with Crippen molar-refractivity contribution in [1.29, 1.82) is 0 Å². The molecule has 1 atom stereocenters. The van der Waals surface area contributed by atoms with Crippen LogP contribution in [0.5, 0.6) is 0 Å². The van der Waals surface area contributed by atoms with Gasteiger partial charge in [0, 0.05) is 18.9 Å². The standard InChI is InChI=1S/C8H15F2NO2S/c1-6(2)14(12,13)11-7-3-4-8(9,10)5-7/h6-7,11H,3-5H2,1-2H3. The molecule has 0 aromatic heterocycles. The molecular weight excluding hydrogens is 212 g/mol. The molecule has 1 unspecified atom stereocenters. The molecule has 0 bridgehead atoms. The molecule has 3 nitrogen and oxygen atoms in total. The van der Waals surface area contributed by atoms with E-state index in [-0.39, 0.29) is 19.3 Å². The normalized spacial score (nSPS) is 27.1. The van der Waals surface area contributed by atoms with Crippen LogP contribution in [0.1, 0.15) is 33.1 Å². The lowest BCUT2D eigenvalue weighted by Gasteiger charge is -2.15. The van der Waals surface area contributed by atoms with Gasteiger partial charge in [0.2, 0.25) is 15.9 Å². The van der Waals surface area contributed by atoms with Crippen LogP contribution in [0.15, 0.2) is 0 Å². The second-order valence-corrected chi connectivity index (χ2v) is 6.28. The quantitative estimate of drug-likeness (QED) is 0.794. The molecular formula is C8H15F2NO2S. The van der Waals surface area contributed by atoms with Gasteiger partial charge in [-0.05, 0) is 20.3 Å². The highest BCUT2D eigenvalue weighted by atomic mass is 32.2. The summed E-state index contributed by atoms with van der Waals surface area (Å²) in [4.78, 5) is 0. The van der Waals surface area contributed by atoms with E-state index in [0.717, 1.165) is 0 Å². The van der Waals surface area contributed by atoms with E-state index in [9.17, 15) is 17.2 Å². The van der Waals surface area contributed by atoms with Crippen LogP contribution in [0.4, 0.5) is 8.78 Å². The van der Waals surface area contributed by atoms with Crippen molar-refractivity contribution in [3.63, 3.8) is 0 Å². The van der Waals surface area contributed by atoms with Gasteiger partial charge in [0.05, 0.1) is 5.25 Å². The van der Waals surface area contributed by atoms with Crippen molar-refractivity contribution in [2.45, 2.75) is 50.3 Å². The predicted molar refractivity (Wildman–Crippen MR) is 49.8 cm³/mol. The fraction of sp³-hybridized carbons (Fsp3) is 1.00. The van der Waals surface area contributed by atoms with Crippen molar-refractivity contribution < 1.29 is 17.2 Å². The summed E-state index contributed by atoms with van der Waals surface area (Å²) in [6, 6.07) is -0.600. The molecule has 14 heavy (non-hydrogen) atoms. The van der Waals surface area contributed by atoms with Crippen LogP contribution in [-0.4, -0.2) is 25.6 Å². The van der Waals surface area contributed by atoms with Crippen molar-refractivity contribution in [1.82, 2.24) is 4.72 Å². The highest BCUT2D eigenvalue weighted by Gasteiger charge is 2.41. The largest absolute Gasteiger partial charge is 0.249 e. The van der Waals surface area contributed by atoms with Crippen LogP contribution in [0.25, 0.3) is 0 Å². The number of hydrogen-bond acceptors (Lipinski definition) is 2. The zero-order valence-corrected chi connectivity index (χ0v) is 9.07. The number of alkyl halides is 2. The number of rotatable bonds is 3. The third kappa shape index (κ3) is 2.88. The zero-order valence-electron chi connectivity index (χ0n) is 8.26. The van der Waals surface area contributed by atoms with Crippen LogP contribution in [0.2, 0.25) is 0 Å². The van der Waals surface area contributed by atoms with Crippen LogP contribution >= 0.6 is 0 Å². The van der Waals surface area contributed by atoms with Gasteiger partial charge in [-0.1, -0.05) is 0 Å². The SMILES string of the molecule is CC(C)S(=O)(=O)NC1CCC(F)(F)C1. The molecule has 1 fully saturated rings. The Balaban J connectivity index is 2.56.